The molecule has 2 aliphatic carbocycles. The van der Waals surface area contributed by atoms with E-state index in [9.17, 15) is 0 Å². The Labute approximate surface area is 84.6 Å². The molecule has 1 heteroatoms. The zero-order valence-corrected chi connectivity index (χ0v) is 10.4. The van der Waals surface area contributed by atoms with Crippen LogP contribution < -0.4 is 0 Å². The fourth-order valence-corrected chi connectivity index (χ4v) is 6.06. The van der Waals surface area contributed by atoms with Gasteiger partial charge in [0, 0.05) is 9.52 Å². The molecule has 0 aromatic carbocycles. The fraction of sp³-hybridized carbons (Fsp3) is 0.833. The molecule has 0 amide bonds. The summed E-state index contributed by atoms with van der Waals surface area (Å²) in [5.41, 5.74) is 2.32. The van der Waals surface area contributed by atoms with E-state index in [0.29, 0.717) is 0 Å². The minimum absolute atomic E-state index is 0.222. The van der Waals surface area contributed by atoms with Crippen LogP contribution >= 0.6 is 0 Å². The maximum Gasteiger partial charge on any atom is 0.0272 e. The average molecular weight is 194 g/mol. The Kier molecular flexibility index (Phi) is 2.92. The Morgan fingerprint density at radius 1 is 1.23 bits per heavy atom. The summed E-state index contributed by atoms with van der Waals surface area (Å²) in [6.45, 7) is 4.76. The quantitative estimate of drug-likeness (QED) is 0.476. The van der Waals surface area contributed by atoms with Crippen molar-refractivity contribution in [3.8, 4) is 0 Å². The zero-order valence-electron chi connectivity index (χ0n) is 9.00. The van der Waals surface area contributed by atoms with Gasteiger partial charge >= 0.3 is 0 Å². The van der Waals surface area contributed by atoms with Gasteiger partial charge in [-0.1, -0.05) is 44.4 Å². The SMILES string of the molecule is CCC(CC)[SiH2]C1CC2C=CC1C2. The summed E-state index contributed by atoms with van der Waals surface area (Å²) >= 11 is 0. The summed E-state index contributed by atoms with van der Waals surface area (Å²) in [7, 11) is 0.222. The molecule has 0 radical (unpaired) electrons. The third kappa shape index (κ3) is 1.90. The first-order chi connectivity index (χ1) is 6.33. The highest BCUT2D eigenvalue weighted by atomic mass is 28.2. The monoisotopic (exact) mass is 194 g/mol. The van der Waals surface area contributed by atoms with Crippen LogP contribution in [0, 0.1) is 11.8 Å². The maximum atomic E-state index is 2.52. The summed E-state index contributed by atoms with van der Waals surface area (Å²) in [6, 6.07) is 0. The van der Waals surface area contributed by atoms with E-state index in [1.165, 1.54) is 24.8 Å². The maximum absolute atomic E-state index is 2.52. The lowest BCUT2D eigenvalue weighted by Crippen LogP contribution is -2.14. The summed E-state index contributed by atoms with van der Waals surface area (Å²) in [4.78, 5) is 0. The van der Waals surface area contributed by atoms with Crippen LogP contribution in [-0.2, 0) is 0 Å². The smallest absolute Gasteiger partial charge is 0.0272 e. The van der Waals surface area contributed by atoms with Gasteiger partial charge in [-0.05, 0) is 30.2 Å². The van der Waals surface area contributed by atoms with Gasteiger partial charge in [0.2, 0.25) is 0 Å². The van der Waals surface area contributed by atoms with Gasteiger partial charge in [0.25, 0.3) is 0 Å². The standard InChI is InChI=1S/C12H22Si/c1-3-11(4-2)13-12-8-9-5-6-10(12)7-9/h5-6,9-12H,3-4,7-8,13H2,1-2H3. The molecule has 0 aromatic heterocycles. The molecule has 0 aromatic rings. The molecule has 0 saturated heterocycles. The molecule has 1 fully saturated rings. The van der Waals surface area contributed by atoms with E-state index in [1.807, 2.05) is 0 Å². The molecule has 2 aliphatic rings. The first kappa shape index (κ1) is 9.51. The molecule has 0 nitrogen and oxygen atoms in total. The summed E-state index contributed by atoms with van der Waals surface area (Å²) in [5.74, 6) is 2.02. The highest BCUT2D eigenvalue weighted by Gasteiger charge is 2.36. The van der Waals surface area contributed by atoms with E-state index >= 15 is 0 Å². The van der Waals surface area contributed by atoms with Crippen molar-refractivity contribution in [3.05, 3.63) is 12.2 Å². The van der Waals surface area contributed by atoms with Gasteiger partial charge in [-0.2, -0.15) is 0 Å². The van der Waals surface area contributed by atoms with Crippen molar-refractivity contribution in [2.45, 2.75) is 50.6 Å². The molecule has 3 unspecified atom stereocenters. The van der Waals surface area contributed by atoms with Gasteiger partial charge in [0.1, 0.15) is 0 Å². The van der Waals surface area contributed by atoms with Gasteiger partial charge in [0.05, 0.1) is 0 Å². The second kappa shape index (κ2) is 3.99. The normalized spacial score (nSPS) is 37.3. The minimum atomic E-state index is 0.222. The van der Waals surface area contributed by atoms with Gasteiger partial charge in [-0.3, -0.25) is 0 Å². The lowest BCUT2D eigenvalue weighted by atomic mass is 10.1. The van der Waals surface area contributed by atoms with Crippen molar-refractivity contribution in [3.63, 3.8) is 0 Å². The number of fused-ring (bicyclic) bond motifs is 2. The highest BCUT2D eigenvalue weighted by molar-refractivity contribution is 6.40. The average Bonchev–Trinajstić information content (AvgIpc) is 2.75. The third-order valence-corrected chi connectivity index (χ3v) is 7.57. The van der Waals surface area contributed by atoms with Crippen molar-refractivity contribution in [2.24, 2.45) is 11.8 Å². The van der Waals surface area contributed by atoms with Crippen molar-refractivity contribution in [1.29, 1.82) is 0 Å². The summed E-state index contributed by atoms with van der Waals surface area (Å²) in [6.07, 6.45) is 11.0. The van der Waals surface area contributed by atoms with Crippen LogP contribution in [0.5, 0.6) is 0 Å². The lowest BCUT2D eigenvalue weighted by Gasteiger charge is -2.22. The largest absolute Gasteiger partial charge is 0.0851 e. The number of hydrogen-bond acceptors (Lipinski definition) is 0. The molecule has 0 N–H and O–H groups in total. The number of hydrogen-bond donors (Lipinski definition) is 0. The predicted molar refractivity (Wildman–Crippen MR) is 62.0 cm³/mol. The van der Waals surface area contributed by atoms with E-state index in [0.717, 1.165) is 17.4 Å². The Morgan fingerprint density at radius 3 is 2.46 bits per heavy atom. The van der Waals surface area contributed by atoms with Crippen LogP contribution in [0.4, 0.5) is 0 Å². The van der Waals surface area contributed by atoms with Crippen LogP contribution in [0.15, 0.2) is 12.2 Å². The molecule has 0 aliphatic heterocycles. The molecule has 0 heterocycles. The molecule has 2 bridgehead atoms. The van der Waals surface area contributed by atoms with E-state index in [2.05, 4.69) is 26.0 Å². The van der Waals surface area contributed by atoms with Crippen LogP contribution in [0.3, 0.4) is 0 Å². The van der Waals surface area contributed by atoms with Crippen LogP contribution in [0.25, 0.3) is 0 Å². The zero-order chi connectivity index (χ0) is 9.26. The highest BCUT2D eigenvalue weighted by Crippen LogP contribution is 2.48. The van der Waals surface area contributed by atoms with Gasteiger partial charge < -0.3 is 0 Å². The lowest BCUT2D eigenvalue weighted by molar-refractivity contribution is 0.660. The third-order valence-electron chi connectivity index (χ3n) is 4.21. The molecule has 0 spiro atoms. The molecule has 13 heavy (non-hydrogen) atoms. The molecule has 74 valence electrons. The number of rotatable bonds is 4. The molecule has 3 atom stereocenters. The number of allylic oxidation sites excluding steroid dienone is 2. The van der Waals surface area contributed by atoms with Crippen molar-refractivity contribution >= 4 is 9.52 Å². The van der Waals surface area contributed by atoms with Crippen molar-refractivity contribution < 1.29 is 0 Å². The van der Waals surface area contributed by atoms with Gasteiger partial charge in [-0.15, -0.1) is 0 Å². The fourth-order valence-electron chi connectivity index (χ4n) is 3.22. The Hall–Kier alpha value is -0.0431. The molecule has 2 rings (SSSR count). The Morgan fingerprint density at radius 2 is 2.00 bits per heavy atom. The summed E-state index contributed by atoms with van der Waals surface area (Å²) < 4.78 is 0. The van der Waals surface area contributed by atoms with Crippen LogP contribution in [0.2, 0.25) is 11.1 Å². The first-order valence-corrected chi connectivity index (χ1v) is 7.65. The van der Waals surface area contributed by atoms with Crippen molar-refractivity contribution in [2.75, 3.05) is 0 Å². The molecular weight excluding hydrogens is 172 g/mol. The Balaban J connectivity index is 1.86. The first-order valence-electron chi connectivity index (χ1n) is 6.01. The topological polar surface area (TPSA) is 0 Å². The van der Waals surface area contributed by atoms with E-state index in [-0.39, 0.29) is 9.52 Å². The van der Waals surface area contributed by atoms with E-state index in [1.54, 1.807) is 6.42 Å². The van der Waals surface area contributed by atoms with Crippen molar-refractivity contribution in [1.82, 2.24) is 0 Å². The van der Waals surface area contributed by atoms with Gasteiger partial charge in [-0.25, -0.2) is 0 Å². The minimum Gasteiger partial charge on any atom is -0.0851 e. The Bertz CT molecular complexity index is 193. The summed E-state index contributed by atoms with van der Waals surface area (Å²) in [5, 5.41) is 0. The molecule has 1 saturated carbocycles. The molecular formula is C12H22Si. The van der Waals surface area contributed by atoms with E-state index < -0.39 is 0 Å². The van der Waals surface area contributed by atoms with Crippen LogP contribution in [0.1, 0.15) is 39.5 Å². The van der Waals surface area contributed by atoms with Crippen LogP contribution in [-0.4, -0.2) is 9.52 Å². The van der Waals surface area contributed by atoms with Gasteiger partial charge in [0.15, 0.2) is 0 Å². The predicted octanol–water partition coefficient (Wildman–Crippen LogP) is 3.15. The second-order valence-electron chi connectivity index (χ2n) is 4.96. The second-order valence-corrected chi connectivity index (χ2v) is 7.63. The van der Waals surface area contributed by atoms with E-state index in [4.69, 9.17) is 0 Å².